The summed E-state index contributed by atoms with van der Waals surface area (Å²) in [5.41, 5.74) is 0.585. The van der Waals surface area contributed by atoms with E-state index in [-0.39, 0.29) is 12.0 Å². The predicted molar refractivity (Wildman–Crippen MR) is 63.6 cm³/mol. The standard InChI is InChI=1S/C12H11N3O3/c13-4-3-10(16)11(17)7-1-2-8-9(5-7)14-6-15-12(8)18/h1-2,5-6,10-11,16-17H,3H2,(H,14,15,18). The summed E-state index contributed by atoms with van der Waals surface area (Å²) >= 11 is 0. The van der Waals surface area contributed by atoms with Crippen LogP contribution in [0.1, 0.15) is 18.1 Å². The molecule has 0 aliphatic carbocycles. The second kappa shape index (κ2) is 4.96. The first kappa shape index (κ1) is 12.2. The lowest BCUT2D eigenvalue weighted by Gasteiger charge is -2.15. The highest BCUT2D eigenvalue weighted by Crippen LogP contribution is 2.21. The van der Waals surface area contributed by atoms with Crippen LogP contribution in [0.2, 0.25) is 0 Å². The third-order valence-electron chi connectivity index (χ3n) is 2.67. The largest absolute Gasteiger partial charge is 0.389 e. The fourth-order valence-electron chi connectivity index (χ4n) is 1.70. The highest BCUT2D eigenvalue weighted by molar-refractivity contribution is 5.77. The Hall–Kier alpha value is -2.23. The zero-order chi connectivity index (χ0) is 13.1. The second-order valence-corrected chi connectivity index (χ2v) is 3.88. The van der Waals surface area contributed by atoms with Crippen LogP contribution in [-0.4, -0.2) is 26.3 Å². The Balaban J connectivity index is 2.42. The van der Waals surface area contributed by atoms with Gasteiger partial charge in [0.15, 0.2) is 0 Å². The van der Waals surface area contributed by atoms with Crippen molar-refractivity contribution < 1.29 is 10.2 Å². The molecule has 0 aliphatic rings. The van der Waals surface area contributed by atoms with Gasteiger partial charge in [0.25, 0.3) is 5.56 Å². The molecule has 6 nitrogen and oxygen atoms in total. The molecule has 0 fully saturated rings. The third kappa shape index (κ3) is 2.22. The van der Waals surface area contributed by atoms with Gasteiger partial charge in [-0.25, -0.2) is 4.98 Å². The van der Waals surface area contributed by atoms with Gasteiger partial charge in [0, 0.05) is 0 Å². The Morgan fingerprint density at radius 2 is 2.22 bits per heavy atom. The van der Waals surface area contributed by atoms with E-state index in [1.165, 1.54) is 24.5 Å². The number of benzene rings is 1. The fourth-order valence-corrected chi connectivity index (χ4v) is 1.70. The first-order valence-corrected chi connectivity index (χ1v) is 5.34. The Morgan fingerprint density at radius 1 is 1.44 bits per heavy atom. The summed E-state index contributed by atoms with van der Waals surface area (Å²) < 4.78 is 0. The van der Waals surface area contributed by atoms with Crippen molar-refractivity contribution in [1.29, 1.82) is 5.26 Å². The number of nitriles is 1. The van der Waals surface area contributed by atoms with E-state index < -0.39 is 12.2 Å². The maximum absolute atomic E-state index is 11.4. The minimum Gasteiger partial charge on any atom is -0.389 e. The van der Waals surface area contributed by atoms with Crippen molar-refractivity contribution in [2.45, 2.75) is 18.6 Å². The predicted octanol–water partition coefficient (Wildman–Crippen LogP) is 0.231. The average Bonchev–Trinajstić information content (AvgIpc) is 2.38. The Kier molecular flexibility index (Phi) is 3.37. The van der Waals surface area contributed by atoms with Crippen molar-refractivity contribution in [3.05, 3.63) is 40.4 Å². The number of aromatic amines is 1. The molecule has 6 heteroatoms. The summed E-state index contributed by atoms with van der Waals surface area (Å²) in [4.78, 5) is 17.9. The van der Waals surface area contributed by atoms with E-state index in [1.807, 2.05) is 0 Å². The molecule has 0 amide bonds. The van der Waals surface area contributed by atoms with E-state index in [1.54, 1.807) is 6.07 Å². The molecule has 1 aromatic carbocycles. The van der Waals surface area contributed by atoms with Gasteiger partial charge < -0.3 is 15.2 Å². The van der Waals surface area contributed by atoms with E-state index in [2.05, 4.69) is 9.97 Å². The van der Waals surface area contributed by atoms with Crippen molar-refractivity contribution in [3.8, 4) is 6.07 Å². The molecule has 0 saturated heterocycles. The van der Waals surface area contributed by atoms with Crippen LogP contribution in [-0.2, 0) is 0 Å². The van der Waals surface area contributed by atoms with Gasteiger partial charge in [-0.05, 0) is 17.7 Å². The molecule has 0 bridgehead atoms. The summed E-state index contributed by atoms with van der Waals surface area (Å²) in [6.45, 7) is 0. The van der Waals surface area contributed by atoms with E-state index in [4.69, 9.17) is 5.26 Å². The highest BCUT2D eigenvalue weighted by atomic mass is 16.3. The van der Waals surface area contributed by atoms with Crippen molar-refractivity contribution in [3.63, 3.8) is 0 Å². The van der Waals surface area contributed by atoms with Gasteiger partial charge >= 0.3 is 0 Å². The normalized spacial score (nSPS) is 14.1. The molecule has 1 aromatic heterocycles. The van der Waals surface area contributed by atoms with E-state index in [0.29, 0.717) is 16.5 Å². The highest BCUT2D eigenvalue weighted by Gasteiger charge is 2.18. The number of hydrogen-bond acceptors (Lipinski definition) is 5. The summed E-state index contributed by atoms with van der Waals surface area (Å²) in [6, 6.07) is 6.37. The van der Waals surface area contributed by atoms with Gasteiger partial charge in [-0.15, -0.1) is 0 Å². The fraction of sp³-hybridized carbons (Fsp3) is 0.250. The molecule has 2 aromatic rings. The number of fused-ring (bicyclic) bond motifs is 1. The SMILES string of the molecule is N#CCC(O)C(O)c1ccc2c(=O)[nH]cnc2c1. The van der Waals surface area contributed by atoms with Crippen LogP contribution in [0.15, 0.2) is 29.3 Å². The number of H-pyrrole nitrogens is 1. The number of nitrogens with one attached hydrogen (secondary N) is 1. The minimum atomic E-state index is -1.17. The van der Waals surface area contributed by atoms with Crippen LogP contribution in [0.3, 0.4) is 0 Å². The maximum Gasteiger partial charge on any atom is 0.258 e. The number of aliphatic hydroxyl groups excluding tert-OH is 2. The third-order valence-corrected chi connectivity index (χ3v) is 2.67. The molecule has 92 valence electrons. The van der Waals surface area contributed by atoms with Crippen molar-refractivity contribution in [1.82, 2.24) is 9.97 Å². The molecule has 2 rings (SSSR count). The minimum absolute atomic E-state index is 0.165. The molecule has 2 atom stereocenters. The monoisotopic (exact) mass is 245 g/mol. The maximum atomic E-state index is 11.4. The quantitative estimate of drug-likeness (QED) is 0.717. The Morgan fingerprint density at radius 3 is 2.94 bits per heavy atom. The van der Waals surface area contributed by atoms with Gasteiger partial charge in [0.05, 0.1) is 35.8 Å². The second-order valence-electron chi connectivity index (χ2n) is 3.88. The molecule has 0 aliphatic heterocycles. The zero-order valence-corrected chi connectivity index (χ0v) is 9.37. The van der Waals surface area contributed by atoms with Crippen LogP contribution in [0.4, 0.5) is 0 Å². The summed E-state index contributed by atoms with van der Waals surface area (Å²) in [7, 11) is 0. The summed E-state index contributed by atoms with van der Waals surface area (Å²) in [5.74, 6) is 0. The van der Waals surface area contributed by atoms with Gasteiger partial charge in [0.1, 0.15) is 6.10 Å². The van der Waals surface area contributed by atoms with Crippen molar-refractivity contribution >= 4 is 10.9 Å². The first-order chi connectivity index (χ1) is 8.63. The first-order valence-electron chi connectivity index (χ1n) is 5.34. The topological polar surface area (TPSA) is 110 Å². The lowest BCUT2D eigenvalue weighted by atomic mass is 10.0. The number of hydrogen-bond donors (Lipinski definition) is 3. The molecule has 0 saturated carbocycles. The van der Waals surface area contributed by atoms with Gasteiger partial charge in [-0.2, -0.15) is 5.26 Å². The van der Waals surface area contributed by atoms with Gasteiger partial charge in [-0.1, -0.05) is 6.07 Å². The molecule has 0 radical (unpaired) electrons. The molecular weight excluding hydrogens is 234 g/mol. The van der Waals surface area contributed by atoms with Crippen LogP contribution < -0.4 is 5.56 Å². The van der Waals surface area contributed by atoms with Crippen LogP contribution in [0.25, 0.3) is 10.9 Å². The smallest absolute Gasteiger partial charge is 0.258 e. The number of rotatable bonds is 3. The molecule has 2 unspecified atom stereocenters. The summed E-state index contributed by atoms with van der Waals surface area (Å²) in [5, 5.41) is 28.2. The van der Waals surface area contributed by atoms with E-state index in [9.17, 15) is 15.0 Å². The molecular formula is C12H11N3O3. The van der Waals surface area contributed by atoms with Crippen molar-refractivity contribution in [2.75, 3.05) is 0 Å². The molecule has 3 N–H and O–H groups in total. The number of aromatic nitrogens is 2. The van der Waals surface area contributed by atoms with E-state index >= 15 is 0 Å². The molecule has 18 heavy (non-hydrogen) atoms. The summed E-state index contributed by atoms with van der Waals surface area (Å²) in [6.07, 6.45) is -1.22. The molecule has 1 heterocycles. The number of aliphatic hydroxyl groups is 2. The average molecular weight is 245 g/mol. The molecule has 0 spiro atoms. The Labute approximate surface area is 102 Å². The van der Waals surface area contributed by atoms with E-state index in [0.717, 1.165) is 0 Å². The Bertz CT molecular complexity index is 659. The van der Waals surface area contributed by atoms with Gasteiger partial charge in [0.2, 0.25) is 0 Å². The van der Waals surface area contributed by atoms with Crippen LogP contribution in [0, 0.1) is 11.3 Å². The lowest BCUT2D eigenvalue weighted by Crippen LogP contribution is -2.17. The van der Waals surface area contributed by atoms with Crippen molar-refractivity contribution in [2.24, 2.45) is 0 Å². The number of nitrogens with zero attached hydrogens (tertiary/aromatic N) is 2. The zero-order valence-electron chi connectivity index (χ0n) is 9.37. The van der Waals surface area contributed by atoms with Crippen LogP contribution in [0.5, 0.6) is 0 Å². The lowest BCUT2D eigenvalue weighted by molar-refractivity contribution is 0.0217. The van der Waals surface area contributed by atoms with Crippen LogP contribution >= 0.6 is 0 Å². The van der Waals surface area contributed by atoms with Gasteiger partial charge in [-0.3, -0.25) is 4.79 Å².